The van der Waals surface area contributed by atoms with E-state index in [9.17, 15) is 18.0 Å². The number of fused-ring (bicyclic) bond motifs is 2. The summed E-state index contributed by atoms with van der Waals surface area (Å²) < 4.78 is 38.5. The molecule has 2 fully saturated rings. The van der Waals surface area contributed by atoms with Crippen molar-refractivity contribution in [2.24, 2.45) is 5.92 Å². The maximum Gasteiger partial charge on any atom is 0.417 e. The van der Waals surface area contributed by atoms with Crippen molar-refractivity contribution in [2.45, 2.75) is 38.0 Å². The van der Waals surface area contributed by atoms with E-state index in [0.717, 1.165) is 41.9 Å². The molecule has 1 aromatic carbocycles. The topological polar surface area (TPSA) is 58.1 Å². The van der Waals surface area contributed by atoms with Crippen LogP contribution in [0.5, 0.6) is 0 Å². The van der Waals surface area contributed by atoms with Crippen LogP contribution in [0.3, 0.4) is 0 Å². The Kier molecular flexibility index (Phi) is 5.31. The average molecular weight is 452 g/mol. The van der Waals surface area contributed by atoms with Gasteiger partial charge >= 0.3 is 6.18 Å². The standard InChI is InChI=1S/C25H23F3N4O/c1-15-5-4-10-29-23(15)18-6-2-3-7-19(18)24(33)32-14-16-11-20(21(32)12-16)31-22-9-8-17(13-30-22)25(26,27)28/h2-10,13,16,20-21H,11-12,14H2,1H3,(H,30,31)/t16-,20+,21-/m0/s1. The molecule has 1 N–H and O–H groups in total. The number of pyridine rings is 2. The molecule has 5 rings (SSSR count). The Labute approximate surface area is 189 Å². The average Bonchev–Trinajstić information content (AvgIpc) is 3.39. The lowest BCUT2D eigenvalue weighted by molar-refractivity contribution is -0.137. The molecule has 2 aliphatic rings. The van der Waals surface area contributed by atoms with Crippen molar-refractivity contribution >= 4 is 11.7 Å². The summed E-state index contributed by atoms with van der Waals surface area (Å²) in [6, 6.07) is 13.6. The summed E-state index contributed by atoms with van der Waals surface area (Å²) in [5, 5.41) is 3.26. The highest BCUT2D eigenvalue weighted by Gasteiger charge is 2.47. The molecule has 3 heterocycles. The molecule has 2 aromatic heterocycles. The molecule has 1 saturated heterocycles. The molecule has 0 spiro atoms. The molecule has 5 nitrogen and oxygen atoms in total. The van der Waals surface area contributed by atoms with Gasteiger partial charge in [0.2, 0.25) is 0 Å². The zero-order valence-corrected chi connectivity index (χ0v) is 18.0. The summed E-state index contributed by atoms with van der Waals surface area (Å²) in [6.07, 6.45) is -0.129. The zero-order valence-electron chi connectivity index (χ0n) is 18.0. The Bertz CT molecular complexity index is 1180. The highest BCUT2D eigenvalue weighted by Crippen LogP contribution is 2.41. The van der Waals surface area contributed by atoms with Crippen molar-refractivity contribution < 1.29 is 18.0 Å². The van der Waals surface area contributed by atoms with Crippen LogP contribution in [0, 0.1) is 12.8 Å². The van der Waals surface area contributed by atoms with Crippen molar-refractivity contribution in [1.29, 1.82) is 0 Å². The predicted molar refractivity (Wildman–Crippen MR) is 119 cm³/mol. The van der Waals surface area contributed by atoms with E-state index in [4.69, 9.17) is 0 Å². The number of aryl methyl sites for hydroxylation is 1. The Morgan fingerprint density at radius 3 is 2.58 bits per heavy atom. The van der Waals surface area contributed by atoms with Gasteiger partial charge in [0, 0.05) is 36.1 Å². The number of amides is 1. The predicted octanol–water partition coefficient (Wildman–Crippen LogP) is 5.19. The van der Waals surface area contributed by atoms with Gasteiger partial charge in [0.05, 0.1) is 17.3 Å². The molecule has 1 aliphatic carbocycles. The minimum Gasteiger partial charge on any atom is -0.365 e. The van der Waals surface area contributed by atoms with Gasteiger partial charge < -0.3 is 10.2 Å². The summed E-state index contributed by atoms with van der Waals surface area (Å²) in [5.74, 6) is 0.696. The smallest absolute Gasteiger partial charge is 0.365 e. The number of nitrogens with zero attached hydrogens (tertiary/aromatic N) is 3. The first-order valence-corrected chi connectivity index (χ1v) is 10.9. The minimum absolute atomic E-state index is 0.0375. The lowest BCUT2D eigenvalue weighted by Crippen LogP contribution is -2.47. The van der Waals surface area contributed by atoms with Gasteiger partial charge in [-0.05, 0) is 55.5 Å². The number of carbonyl (C=O) groups is 1. The molecule has 1 aliphatic heterocycles. The van der Waals surface area contributed by atoms with Crippen LogP contribution in [0.25, 0.3) is 11.3 Å². The molecule has 3 atom stereocenters. The van der Waals surface area contributed by atoms with E-state index in [1.807, 2.05) is 48.2 Å². The molecule has 3 aromatic rings. The third kappa shape index (κ3) is 4.05. The molecule has 170 valence electrons. The maximum atomic E-state index is 13.6. The second-order valence-corrected chi connectivity index (χ2v) is 8.76. The van der Waals surface area contributed by atoms with Gasteiger partial charge in [-0.3, -0.25) is 9.78 Å². The van der Waals surface area contributed by atoms with Gasteiger partial charge in [-0.2, -0.15) is 13.2 Å². The summed E-state index contributed by atoms with van der Waals surface area (Å²) in [5.41, 5.74) is 2.41. The van der Waals surface area contributed by atoms with Crippen LogP contribution in [0.1, 0.15) is 34.3 Å². The van der Waals surface area contributed by atoms with Crippen LogP contribution in [0.4, 0.5) is 19.0 Å². The number of nitrogens with one attached hydrogen (secondary N) is 1. The molecule has 0 radical (unpaired) electrons. The number of hydrogen-bond acceptors (Lipinski definition) is 4. The maximum absolute atomic E-state index is 13.6. The van der Waals surface area contributed by atoms with E-state index in [2.05, 4.69) is 15.3 Å². The summed E-state index contributed by atoms with van der Waals surface area (Å²) in [6.45, 7) is 2.65. The van der Waals surface area contributed by atoms with Gasteiger partial charge in [0.15, 0.2) is 0 Å². The highest BCUT2D eigenvalue weighted by molar-refractivity contribution is 6.01. The number of carbonyl (C=O) groups excluding carboxylic acids is 1. The first-order valence-electron chi connectivity index (χ1n) is 10.9. The van der Waals surface area contributed by atoms with Crippen LogP contribution in [0.15, 0.2) is 60.9 Å². The van der Waals surface area contributed by atoms with E-state index in [0.29, 0.717) is 23.8 Å². The summed E-state index contributed by atoms with van der Waals surface area (Å²) >= 11 is 0. The SMILES string of the molecule is Cc1cccnc1-c1ccccc1C(=O)N1C[C@H]2C[C@@H](Nc3ccc(C(F)(F)F)cn3)[C@@H]1C2. The van der Waals surface area contributed by atoms with Gasteiger partial charge in [-0.25, -0.2) is 4.98 Å². The fraction of sp³-hybridized carbons (Fsp3) is 0.320. The Morgan fingerprint density at radius 2 is 1.88 bits per heavy atom. The minimum atomic E-state index is -4.42. The van der Waals surface area contributed by atoms with Crippen molar-refractivity contribution in [3.63, 3.8) is 0 Å². The third-order valence-electron chi connectivity index (χ3n) is 6.59. The van der Waals surface area contributed by atoms with Gasteiger partial charge in [-0.15, -0.1) is 0 Å². The molecule has 2 bridgehead atoms. The largest absolute Gasteiger partial charge is 0.417 e. The molecular formula is C25H23F3N4O. The zero-order chi connectivity index (χ0) is 23.2. The second-order valence-electron chi connectivity index (χ2n) is 8.76. The number of piperidine rings is 1. The molecular weight excluding hydrogens is 429 g/mol. The molecule has 1 saturated carbocycles. The normalized spacial score (nSPS) is 21.9. The Hall–Kier alpha value is -3.42. The monoisotopic (exact) mass is 452 g/mol. The van der Waals surface area contributed by atoms with Crippen molar-refractivity contribution in [1.82, 2.24) is 14.9 Å². The van der Waals surface area contributed by atoms with Crippen molar-refractivity contribution in [3.05, 3.63) is 77.6 Å². The first-order chi connectivity index (χ1) is 15.8. The lowest BCUT2D eigenvalue weighted by atomic mass is 9.98. The quantitative estimate of drug-likeness (QED) is 0.592. The fourth-order valence-electron chi connectivity index (χ4n) is 5.05. The van der Waals surface area contributed by atoms with Crippen LogP contribution < -0.4 is 5.32 Å². The first kappa shape index (κ1) is 21.4. The number of likely N-dealkylation sites (tertiary alicyclic amines) is 1. The molecule has 8 heteroatoms. The fourth-order valence-corrected chi connectivity index (χ4v) is 5.05. The van der Waals surface area contributed by atoms with E-state index in [-0.39, 0.29) is 18.0 Å². The Morgan fingerprint density at radius 1 is 1.06 bits per heavy atom. The third-order valence-corrected chi connectivity index (χ3v) is 6.59. The Balaban J connectivity index is 1.37. The number of aromatic nitrogens is 2. The number of alkyl halides is 3. The van der Waals surface area contributed by atoms with Gasteiger partial charge in [0.1, 0.15) is 5.82 Å². The van der Waals surface area contributed by atoms with Crippen LogP contribution in [0.2, 0.25) is 0 Å². The van der Waals surface area contributed by atoms with Gasteiger partial charge in [0.25, 0.3) is 5.91 Å². The van der Waals surface area contributed by atoms with Crippen molar-refractivity contribution in [2.75, 3.05) is 11.9 Å². The van der Waals surface area contributed by atoms with E-state index in [1.54, 1.807) is 6.20 Å². The van der Waals surface area contributed by atoms with Crippen molar-refractivity contribution in [3.8, 4) is 11.3 Å². The highest BCUT2D eigenvalue weighted by atomic mass is 19.4. The number of hydrogen-bond donors (Lipinski definition) is 1. The number of benzene rings is 1. The van der Waals surface area contributed by atoms with Crippen LogP contribution in [-0.4, -0.2) is 39.4 Å². The summed E-state index contributed by atoms with van der Waals surface area (Å²) in [4.78, 5) is 24.0. The van der Waals surface area contributed by atoms with Crippen LogP contribution >= 0.6 is 0 Å². The number of anilines is 1. The van der Waals surface area contributed by atoms with Crippen LogP contribution in [-0.2, 0) is 6.18 Å². The van der Waals surface area contributed by atoms with E-state index >= 15 is 0 Å². The number of halogens is 3. The molecule has 1 amide bonds. The van der Waals surface area contributed by atoms with E-state index in [1.165, 1.54) is 6.07 Å². The summed E-state index contributed by atoms with van der Waals surface area (Å²) in [7, 11) is 0. The molecule has 33 heavy (non-hydrogen) atoms. The van der Waals surface area contributed by atoms with Gasteiger partial charge in [-0.1, -0.05) is 24.3 Å². The number of rotatable bonds is 4. The lowest BCUT2D eigenvalue weighted by Gasteiger charge is -2.34. The molecule has 0 unspecified atom stereocenters. The van der Waals surface area contributed by atoms with E-state index < -0.39 is 11.7 Å². The second kappa shape index (κ2) is 8.17.